The first kappa shape index (κ1) is 17.0. The number of nitrogens with zero attached hydrogens (tertiary/aromatic N) is 3. The maximum atomic E-state index is 13.2. The number of fused-ring (bicyclic) bond motifs is 1. The van der Waals surface area contributed by atoms with Crippen molar-refractivity contribution in [2.24, 2.45) is 7.05 Å². The molecule has 4 rings (SSSR count). The lowest BCUT2D eigenvalue weighted by Crippen LogP contribution is -2.27. The van der Waals surface area contributed by atoms with Crippen LogP contribution in [-0.4, -0.2) is 27.4 Å². The Morgan fingerprint density at radius 2 is 1.70 bits per heavy atom. The number of carbonyl (C=O) groups excluding carboxylic acids is 1. The van der Waals surface area contributed by atoms with Gasteiger partial charge >= 0.3 is 0 Å². The van der Waals surface area contributed by atoms with Gasteiger partial charge in [0.25, 0.3) is 5.91 Å². The molecule has 0 bridgehead atoms. The van der Waals surface area contributed by atoms with Gasteiger partial charge in [0.1, 0.15) is 0 Å². The number of amides is 1. The van der Waals surface area contributed by atoms with E-state index in [1.54, 1.807) is 17.3 Å². The van der Waals surface area contributed by atoms with Crippen LogP contribution >= 0.6 is 0 Å². The summed E-state index contributed by atoms with van der Waals surface area (Å²) in [6, 6.07) is 22.0. The van der Waals surface area contributed by atoms with E-state index >= 15 is 0 Å². The number of hydrogen-bond acceptors (Lipinski definition) is 2. The van der Waals surface area contributed by atoms with Crippen LogP contribution in [0.1, 0.15) is 16.1 Å². The van der Waals surface area contributed by atoms with Gasteiger partial charge in [0, 0.05) is 43.3 Å². The molecule has 4 heteroatoms. The van der Waals surface area contributed by atoms with Crippen LogP contribution < -0.4 is 0 Å². The van der Waals surface area contributed by atoms with Gasteiger partial charge in [-0.1, -0.05) is 36.4 Å². The molecule has 4 nitrogen and oxygen atoms in total. The van der Waals surface area contributed by atoms with Crippen molar-refractivity contribution in [1.82, 2.24) is 14.5 Å². The molecular formula is C23H21N3O. The van der Waals surface area contributed by atoms with Crippen molar-refractivity contribution in [3.63, 3.8) is 0 Å². The first-order valence-corrected chi connectivity index (χ1v) is 8.93. The summed E-state index contributed by atoms with van der Waals surface area (Å²) < 4.78 is 2.15. The Kier molecular flexibility index (Phi) is 4.47. The van der Waals surface area contributed by atoms with Gasteiger partial charge in [0.05, 0.1) is 6.54 Å². The molecule has 2 aromatic carbocycles. The summed E-state index contributed by atoms with van der Waals surface area (Å²) in [7, 11) is 3.89. The maximum Gasteiger partial charge on any atom is 0.254 e. The number of rotatable bonds is 4. The van der Waals surface area contributed by atoms with E-state index in [0.717, 1.165) is 16.8 Å². The van der Waals surface area contributed by atoms with Crippen LogP contribution in [0.3, 0.4) is 0 Å². The van der Waals surface area contributed by atoms with Crippen molar-refractivity contribution in [2.75, 3.05) is 7.05 Å². The third-order valence-electron chi connectivity index (χ3n) is 4.95. The third-order valence-corrected chi connectivity index (χ3v) is 4.95. The zero-order chi connectivity index (χ0) is 18.8. The van der Waals surface area contributed by atoms with E-state index in [2.05, 4.69) is 27.8 Å². The van der Waals surface area contributed by atoms with E-state index in [0.29, 0.717) is 12.1 Å². The average Bonchev–Trinajstić information content (AvgIpc) is 3.03. The number of pyridine rings is 1. The van der Waals surface area contributed by atoms with Crippen LogP contribution in [0, 0.1) is 0 Å². The molecule has 0 saturated carbocycles. The van der Waals surface area contributed by atoms with Gasteiger partial charge in [-0.3, -0.25) is 9.78 Å². The van der Waals surface area contributed by atoms with Crippen molar-refractivity contribution in [3.05, 3.63) is 90.4 Å². The molecule has 0 fully saturated rings. The van der Waals surface area contributed by atoms with E-state index in [-0.39, 0.29) is 5.91 Å². The molecule has 0 unspecified atom stereocenters. The Labute approximate surface area is 158 Å². The molecule has 0 spiro atoms. The summed E-state index contributed by atoms with van der Waals surface area (Å²) in [6.45, 7) is 0.550. The summed E-state index contributed by atoms with van der Waals surface area (Å²) in [6.07, 6.45) is 3.49. The SMILES string of the molecule is CN(Cc1cc2ccccc2n1C)C(=O)c1ccccc1-c1ccncc1. The molecule has 0 aliphatic carbocycles. The highest BCUT2D eigenvalue weighted by Gasteiger charge is 2.18. The summed E-state index contributed by atoms with van der Waals surface area (Å²) >= 11 is 0. The number of benzene rings is 2. The lowest BCUT2D eigenvalue weighted by Gasteiger charge is -2.19. The van der Waals surface area contributed by atoms with Crippen LogP contribution in [0.25, 0.3) is 22.0 Å². The minimum absolute atomic E-state index is 0.00710. The fourth-order valence-electron chi connectivity index (χ4n) is 3.47. The van der Waals surface area contributed by atoms with Crippen LogP contribution in [0.15, 0.2) is 79.1 Å². The van der Waals surface area contributed by atoms with E-state index < -0.39 is 0 Å². The van der Waals surface area contributed by atoms with E-state index in [1.165, 1.54) is 10.9 Å². The van der Waals surface area contributed by atoms with Crippen LogP contribution in [-0.2, 0) is 13.6 Å². The lowest BCUT2D eigenvalue weighted by atomic mass is 10.00. The molecule has 0 saturated heterocycles. The molecule has 0 aliphatic rings. The normalized spacial score (nSPS) is 10.9. The van der Waals surface area contributed by atoms with Crippen molar-refractivity contribution in [1.29, 1.82) is 0 Å². The Bertz CT molecular complexity index is 1100. The van der Waals surface area contributed by atoms with E-state index in [9.17, 15) is 4.79 Å². The summed E-state index contributed by atoms with van der Waals surface area (Å²) in [5, 5.41) is 1.19. The second-order valence-corrected chi connectivity index (χ2v) is 6.70. The monoisotopic (exact) mass is 355 g/mol. The largest absolute Gasteiger partial charge is 0.346 e. The summed E-state index contributed by atoms with van der Waals surface area (Å²) in [5.41, 5.74) is 4.89. The van der Waals surface area contributed by atoms with Gasteiger partial charge in [0.15, 0.2) is 0 Å². The van der Waals surface area contributed by atoms with Crippen LogP contribution in [0.2, 0.25) is 0 Å². The number of carbonyl (C=O) groups is 1. The molecule has 2 aromatic heterocycles. The molecule has 1 amide bonds. The minimum atomic E-state index is 0.00710. The minimum Gasteiger partial charge on any atom is -0.346 e. The fourth-order valence-corrected chi connectivity index (χ4v) is 3.47. The zero-order valence-corrected chi connectivity index (χ0v) is 15.5. The smallest absolute Gasteiger partial charge is 0.254 e. The Hall–Kier alpha value is -3.40. The van der Waals surface area contributed by atoms with Gasteiger partial charge in [-0.2, -0.15) is 0 Å². The number of aromatic nitrogens is 2. The van der Waals surface area contributed by atoms with Crippen molar-refractivity contribution < 1.29 is 4.79 Å². The van der Waals surface area contributed by atoms with Crippen molar-refractivity contribution in [3.8, 4) is 11.1 Å². The molecule has 2 heterocycles. The van der Waals surface area contributed by atoms with Crippen LogP contribution in [0.4, 0.5) is 0 Å². The van der Waals surface area contributed by atoms with Crippen LogP contribution in [0.5, 0.6) is 0 Å². The number of para-hydroxylation sites is 1. The molecular weight excluding hydrogens is 334 g/mol. The van der Waals surface area contributed by atoms with Gasteiger partial charge in [0.2, 0.25) is 0 Å². The predicted molar refractivity (Wildman–Crippen MR) is 108 cm³/mol. The predicted octanol–water partition coefficient (Wildman–Crippen LogP) is 4.51. The average molecular weight is 355 g/mol. The zero-order valence-electron chi connectivity index (χ0n) is 15.5. The summed E-state index contributed by atoms with van der Waals surface area (Å²) in [4.78, 5) is 19.0. The van der Waals surface area contributed by atoms with E-state index in [4.69, 9.17) is 0 Å². The Morgan fingerprint density at radius 1 is 1.00 bits per heavy atom. The molecule has 4 aromatic rings. The topological polar surface area (TPSA) is 38.1 Å². The summed E-state index contributed by atoms with van der Waals surface area (Å²) in [5.74, 6) is 0.00710. The maximum absolute atomic E-state index is 13.2. The van der Waals surface area contributed by atoms with Crippen molar-refractivity contribution in [2.45, 2.75) is 6.54 Å². The fraction of sp³-hybridized carbons (Fsp3) is 0.130. The first-order valence-electron chi connectivity index (χ1n) is 8.93. The van der Waals surface area contributed by atoms with Gasteiger partial charge in [-0.25, -0.2) is 0 Å². The first-order chi connectivity index (χ1) is 13.1. The lowest BCUT2D eigenvalue weighted by molar-refractivity contribution is 0.0783. The second-order valence-electron chi connectivity index (χ2n) is 6.70. The van der Waals surface area contributed by atoms with E-state index in [1.807, 2.05) is 62.6 Å². The second kappa shape index (κ2) is 7.08. The third kappa shape index (κ3) is 3.22. The molecule has 0 atom stereocenters. The van der Waals surface area contributed by atoms with Gasteiger partial charge in [-0.15, -0.1) is 0 Å². The highest BCUT2D eigenvalue weighted by Crippen LogP contribution is 2.25. The molecule has 0 radical (unpaired) electrons. The van der Waals surface area contributed by atoms with Gasteiger partial charge < -0.3 is 9.47 Å². The standard InChI is InChI=1S/C23H21N3O/c1-25(16-19-15-18-7-3-6-10-22(18)26(19)2)23(27)21-9-5-4-8-20(21)17-11-13-24-14-12-17/h3-15H,16H2,1-2H3. The highest BCUT2D eigenvalue weighted by atomic mass is 16.2. The molecule has 0 N–H and O–H groups in total. The number of aryl methyl sites for hydroxylation is 1. The molecule has 27 heavy (non-hydrogen) atoms. The Balaban J connectivity index is 1.64. The van der Waals surface area contributed by atoms with Gasteiger partial charge in [-0.05, 0) is 46.8 Å². The Morgan fingerprint density at radius 3 is 2.48 bits per heavy atom. The molecule has 0 aliphatic heterocycles. The van der Waals surface area contributed by atoms with Crippen molar-refractivity contribution >= 4 is 16.8 Å². The highest BCUT2D eigenvalue weighted by molar-refractivity contribution is 6.00. The quantitative estimate of drug-likeness (QED) is 0.540. The number of hydrogen-bond donors (Lipinski definition) is 0. The molecule has 134 valence electrons.